The van der Waals surface area contributed by atoms with Gasteiger partial charge in [-0.1, -0.05) is 37.6 Å². The van der Waals surface area contributed by atoms with E-state index in [1.807, 2.05) is 31.2 Å². The van der Waals surface area contributed by atoms with Gasteiger partial charge in [0.15, 0.2) is 0 Å². The quantitative estimate of drug-likeness (QED) is 0.806. The van der Waals surface area contributed by atoms with Gasteiger partial charge in [-0.15, -0.1) is 0 Å². The summed E-state index contributed by atoms with van der Waals surface area (Å²) in [4.78, 5) is 11.6. The minimum Gasteiger partial charge on any atom is -0.352 e. The van der Waals surface area contributed by atoms with Crippen LogP contribution in [0.1, 0.15) is 42.6 Å². The van der Waals surface area contributed by atoms with Crippen molar-refractivity contribution in [3.63, 3.8) is 0 Å². The van der Waals surface area contributed by atoms with Crippen LogP contribution in [-0.4, -0.2) is 12.5 Å². The van der Waals surface area contributed by atoms with Crippen molar-refractivity contribution in [1.29, 1.82) is 0 Å². The van der Waals surface area contributed by atoms with Crippen molar-refractivity contribution in [3.8, 4) is 0 Å². The molecule has 1 N–H and O–H groups in total. The highest BCUT2D eigenvalue weighted by atomic mass is 16.1. The van der Waals surface area contributed by atoms with E-state index in [0.717, 1.165) is 24.0 Å². The molecule has 0 unspecified atom stereocenters. The van der Waals surface area contributed by atoms with Crippen LogP contribution in [0.2, 0.25) is 0 Å². The maximum absolute atomic E-state index is 11.6. The summed E-state index contributed by atoms with van der Waals surface area (Å²) >= 11 is 0. The van der Waals surface area contributed by atoms with Gasteiger partial charge in [0.25, 0.3) is 5.91 Å². The van der Waals surface area contributed by atoms with E-state index in [1.54, 1.807) is 0 Å². The van der Waals surface area contributed by atoms with Crippen molar-refractivity contribution in [3.05, 3.63) is 41.5 Å². The van der Waals surface area contributed by atoms with Crippen molar-refractivity contribution < 1.29 is 4.79 Å². The van der Waals surface area contributed by atoms with Crippen LogP contribution in [0.3, 0.4) is 0 Å². The Morgan fingerprint density at radius 2 is 2.19 bits per heavy atom. The molecule has 0 spiro atoms. The molecule has 1 aromatic carbocycles. The Hall–Kier alpha value is -1.57. The van der Waals surface area contributed by atoms with Gasteiger partial charge in [0.2, 0.25) is 0 Å². The molecular formula is C14H19NO. The highest BCUT2D eigenvalue weighted by Crippen LogP contribution is 2.08. The second-order valence-corrected chi connectivity index (χ2v) is 3.68. The van der Waals surface area contributed by atoms with Gasteiger partial charge in [-0.05, 0) is 31.0 Å². The Morgan fingerprint density at radius 1 is 1.38 bits per heavy atom. The summed E-state index contributed by atoms with van der Waals surface area (Å²) in [6, 6.07) is 7.67. The Kier molecular flexibility index (Phi) is 5.34. The first-order valence-electron chi connectivity index (χ1n) is 5.82. The zero-order valence-corrected chi connectivity index (χ0v) is 9.99. The topological polar surface area (TPSA) is 29.1 Å². The van der Waals surface area contributed by atoms with Crippen LogP contribution in [0.15, 0.2) is 30.3 Å². The lowest BCUT2D eigenvalue weighted by Gasteiger charge is -2.02. The molecule has 0 radical (unpaired) electrons. The van der Waals surface area contributed by atoms with Gasteiger partial charge in [0.05, 0.1) is 0 Å². The third kappa shape index (κ3) is 3.89. The standard InChI is InChI=1S/C14H19NO/c1-3-5-6-8-12-9-7-10-13(11-12)14(16)15-4-2/h6-11H,3-5H2,1-2H3,(H,15,16). The highest BCUT2D eigenvalue weighted by molar-refractivity contribution is 5.94. The molecule has 0 aliphatic heterocycles. The monoisotopic (exact) mass is 217 g/mol. The van der Waals surface area contributed by atoms with Crippen LogP contribution in [0.25, 0.3) is 6.08 Å². The molecule has 1 rings (SSSR count). The molecule has 0 atom stereocenters. The molecule has 0 aliphatic carbocycles. The number of benzene rings is 1. The average molecular weight is 217 g/mol. The van der Waals surface area contributed by atoms with Crippen LogP contribution in [0.5, 0.6) is 0 Å². The predicted molar refractivity (Wildman–Crippen MR) is 68.4 cm³/mol. The molecule has 2 nitrogen and oxygen atoms in total. The van der Waals surface area contributed by atoms with Gasteiger partial charge in [-0.25, -0.2) is 0 Å². The zero-order chi connectivity index (χ0) is 11.8. The fourth-order valence-corrected chi connectivity index (χ4v) is 1.43. The summed E-state index contributed by atoms with van der Waals surface area (Å²) in [7, 11) is 0. The van der Waals surface area contributed by atoms with Gasteiger partial charge in [-0.2, -0.15) is 0 Å². The SMILES string of the molecule is CCCC=Cc1cccc(C(=O)NCC)c1. The van der Waals surface area contributed by atoms with Crippen LogP contribution in [0, 0.1) is 0 Å². The number of amides is 1. The lowest BCUT2D eigenvalue weighted by Crippen LogP contribution is -2.22. The molecule has 0 aromatic heterocycles. The fraction of sp³-hybridized carbons (Fsp3) is 0.357. The third-order valence-corrected chi connectivity index (χ3v) is 2.25. The predicted octanol–water partition coefficient (Wildman–Crippen LogP) is 3.25. The van der Waals surface area contributed by atoms with E-state index >= 15 is 0 Å². The summed E-state index contributed by atoms with van der Waals surface area (Å²) in [6.07, 6.45) is 6.42. The number of allylic oxidation sites excluding steroid dienone is 1. The van der Waals surface area contributed by atoms with Crippen LogP contribution in [-0.2, 0) is 0 Å². The molecule has 0 saturated heterocycles. The van der Waals surface area contributed by atoms with Gasteiger partial charge in [0.1, 0.15) is 0 Å². The van der Waals surface area contributed by atoms with E-state index in [4.69, 9.17) is 0 Å². The maximum Gasteiger partial charge on any atom is 0.251 e. The number of hydrogen-bond acceptors (Lipinski definition) is 1. The molecule has 16 heavy (non-hydrogen) atoms. The van der Waals surface area contributed by atoms with E-state index < -0.39 is 0 Å². The lowest BCUT2D eigenvalue weighted by molar-refractivity contribution is 0.0956. The van der Waals surface area contributed by atoms with Crippen molar-refractivity contribution in [2.45, 2.75) is 26.7 Å². The first-order chi connectivity index (χ1) is 7.77. The smallest absolute Gasteiger partial charge is 0.251 e. The molecule has 0 aliphatic rings. The molecule has 0 bridgehead atoms. The van der Waals surface area contributed by atoms with Crippen molar-refractivity contribution in [2.24, 2.45) is 0 Å². The summed E-state index contributed by atoms with van der Waals surface area (Å²) < 4.78 is 0. The Balaban J connectivity index is 2.74. The number of nitrogens with one attached hydrogen (secondary N) is 1. The van der Waals surface area contributed by atoms with Crippen molar-refractivity contribution in [2.75, 3.05) is 6.54 Å². The maximum atomic E-state index is 11.6. The Labute approximate surface area is 97.4 Å². The number of carbonyl (C=O) groups excluding carboxylic acids is 1. The van der Waals surface area contributed by atoms with Crippen molar-refractivity contribution in [1.82, 2.24) is 5.32 Å². The molecule has 0 saturated carbocycles. The molecule has 1 amide bonds. The molecule has 86 valence electrons. The zero-order valence-electron chi connectivity index (χ0n) is 9.99. The van der Waals surface area contributed by atoms with Gasteiger partial charge >= 0.3 is 0 Å². The van der Waals surface area contributed by atoms with Gasteiger partial charge < -0.3 is 5.32 Å². The average Bonchev–Trinajstić information content (AvgIpc) is 2.30. The van der Waals surface area contributed by atoms with E-state index in [0.29, 0.717) is 6.54 Å². The normalized spacial score (nSPS) is 10.6. The first-order valence-corrected chi connectivity index (χ1v) is 5.82. The Bertz CT molecular complexity index is 369. The summed E-state index contributed by atoms with van der Waals surface area (Å²) in [5.74, 6) is -0.00626. The second kappa shape index (κ2) is 6.83. The summed E-state index contributed by atoms with van der Waals surface area (Å²) in [5, 5.41) is 2.79. The minimum atomic E-state index is -0.00626. The molecular weight excluding hydrogens is 198 g/mol. The Morgan fingerprint density at radius 3 is 2.88 bits per heavy atom. The van der Waals surface area contributed by atoms with Crippen LogP contribution in [0.4, 0.5) is 0 Å². The number of hydrogen-bond donors (Lipinski definition) is 1. The summed E-state index contributed by atoms with van der Waals surface area (Å²) in [5.41, 5.74) is 1.80. The number of rotatable bonds is 5. The third-order valence-electron chi connectivity index (χ3n) is 2.25. The largest absolute Gasteiger partial charge is 0.352 e. The minimum absolute atomic E-state index is 0.00626. The number of unbranched alkanes of at least 4 members (excludes halogenated alkanes) is 1. The summed E-state index contributed by atoms with van der Waals surface area (Å²) in [6.45, 7) is 4.73. The molecule has 0 heterocycles. The van der Waals surface area contributed by atoms with Gasteiger partial charge in [0, 0.05) is 12.1 Å². The molecule has 1 aromatic rings. The second-order valence-electron chi connectivity index (χ2n) is 3.68. The van der Waals surface area contributed by atoms with E-state index in [-0.39, 0.29) is 5.91 Å². The molecule has 0 fully saturated rings. The van der Waals surface area contributed by atoms with Crippen LogP contribution < -0.4 is 5.32 Å². The van der Waals surface area contributed by atoms with E-state index in [9.17, 15) is 4.79 Å². The molecule has 2 heteroatoms. The van der Waals surface area contributed by atoms with E-state index in [1.165, 1.54) is 0 Å². The van der Waals surface area contributed by atoms with E-state index in [2.05, 4.69) is 24.4 Å². The fourth-order valence-electron chi connectivity index (χ4n) is 1.43. The lowest BCUT2D eigenvalue weighted by atomic mass is 10.1. The highest BCUT2D eigenvalue weighted by Gasteiger charge is 2.02. The first kappa shape index (κ1) is 12.5. The van der Waals surface area contributed by atoms with Crippen LogP contribution >= 0.6 is 0 Å². The van der Waals surface area contributed by atoms with Crippen molar-refractivity contribution >= 4 is 12.0 Å². The van der Waals surface area contributed by atoms with Gasteiger partial charge in [-0.3, -0.25) is 4.79 Å². The number of carbonyl (C=O) groups is 1.